The number of thiazole rings is 1. The van der Waals surface area contributed by atoms with Gasteiger partial charge in [-0.15, -0.1) is 11.3 Å². The van der Waals surface area contributed by atoms with Crippen LogP contribution in [0.1, 0.15) is 23.5 Å². The van der Waals surface area contributed by atoms with Gasteiger partial charge in [0.15, 0.2) is 0 Å². The molecule has 2 aromatic rings. The Morgan fingerprint density at radius 1 is 1.27 bits per heavy atom. The predicted molar refractivity (Wildman–Crippen MR) is 99.2 cm³/mol. The zero-order valence-electron chi connectivity index (χ0n) is 14.9. The maximum Gasteiger partial charge on any atom is 0.265 e. The molecule has 1 aromatic heterocycles. The van der Waals surface area contributed by atoms with Crippen LogP contribution >= 0.6 is 11.3 Å². The summed E-state index contributed by atoms with van der Waals surface area (Å²) in [5, 5.41) is 9.83. The first-order valence-electron chi connectivity index (χ1n) is 8.65. The lowest BCUT2D eigenvalue weighted by Crippen LogP contribution is -2.52. The highest BCUT2D eigenvalue weighted by Gasteiger charge is 2.29. The largest absolute Gasteiger partial charge is 0.335 e. The van der Waals surface area contributed by atoms with E-state index in [2.05, 4.69) is 16.0 Å². The fourth-order valence-electron chi connectivity index (χ4n) is 3.14. The van der Waals surface area contributed by atoms with Crippen LogP contribution < -0.4 is 0 Å². The third kappa shape index (κ3) is 3.76. The van der Waals surface area contributed by atoms with Crippen LogP contribution in [0.4, 0.5) is 4.39 Å². The second-order valence-corrected chi connectivity index (χ2v) is 7.69. The van der Waals surface area contributed by atoms with Crippen molar-refractivity contribution in [2.45, 2.75) is 19.9 Å². The third-order valence-electron chi connectivity index (χ3n) is 4.58. The fraction of sp³-hybridized carbons (Fsp3) is 0.421. The first-order chi connectivity index (χ1) is 12.5. The van der Waals surface area contributed by atoms with Crippen LogP contribution in [-0.4, -0.2) is 52.9 Å². The minimum atomic E-state index is -0.342. The molecule has 1 aliphatic rings. The molecule has 0 radical (unpaired) electrons. The van der Waals surface area contributed by atoms with Crippen molar-refractivity contribution in [1.82, 2.24) is 14.8 Å². The molecule has 0 spiro atoms. The van der Waals surface area contributed by atoms with Crippen molar-refractivity contribution in [2.24, 2.45) is 5.92 Å². The van der Waals surface area contributed by atoms with Crippen molar-refractivity contribution < 1.29 is 9.18 Å². The molecule has 0 bridgehead atoms. The molecule has 1 atom stereocenters. The van der Waals surface area contributed by atoms with E-state index in [1.54, 1.807) is 23.1 Å². The molecular weight excluding hydrogens is 351 g/mol. The second-order valence-electron chi connectivity index (χ2n) is 6.66. The molecule has 5 nitrogen and oxygen atoms in total. The minimum absolute atomic E-state index is 0.0807. The number of hydrogen-bond acceptors (Lipinski definition) is 5. The predicted octanol–water partition coefficient (Wildman–Crippen LogP) is 3.26. The maximum absolute atomic E-state index is 13.9. The molecule has 136 valence electrons. The Balaban J connectivity index is 1.67. The number of nitriles is 1. The van der Waals surface area contributed by atoms with Crippen LogP contribution in [-0.2, 0) is 0 Å². The topological polar surface area (TPSA) is 60.2 Å². The molecule has 1 saturated heterocycles. The van der Waals surface area contributed by atoms with Gasteiger partial charge in [0.25, 0.3) is 5.91 Å². The Labute approximate surface area is 156 Å². The van der Waals surface area contributed by atoms with Gasteiger partial charge in [-0.1, -0.05) is 26.0 Å². The van der Waals surface area contributed by atoms with Crippen LogP contribution in [0.25, 0.3) is 10.6 Å². The number of rotatable bonds is 4. The number of amides is 1. The van der Waals surface area contributed by atoms with E-state index in [-0.39, 0.29) is 23.7 Å². The van der Waals surface area contributed by atoms with Crippen LogP contribution in [0, 0.1) is 23.1 Å². The van der Waals surface area contributed by atoms with Crippen molar-refractivity contribution in [1.29, 1.82) is 5.26 Å². The van der Waals surface area contributed by atoms with E-state index in [4.69, 9.17) is 0 Å². The average molecular weight is 372 g/mol. The summed E-state index contributed by atoms with van der Waals surface area (Å²) in [4.78, 5) is 21.4. The van der Waals surface area contributed by atoms with Gasteiger partial charge in [-0.05, 0) is 18.1 Å². The number of hydrogen-bond donors (Lipinski definition) is 0. The van der Waals surface area contributed by atoms with Crippen LogP contribution in [0.15, 0.2) is 30.5 Å². The smallest absolute Gasteiger partial charge is 0.265 e. The fourth-order valence-corrected chi connectivity index (χ4v) is 4.05. The quantitative estimate of drug-likeness (QED) is 0.827. The standard InChI is InChI=1S/C19H21FN4OS/c1-13(2)16(11-21)23-7-9-24(10-8-23)19(25)17-12-22-18(26-17)14-5-3-4-6-15(14)20/h3-6,12-13,16H,7-10H2,1-2H3. The molecule has 1 amide bonds. The summed E-state index contributed by atoms with van der Waals surface area (Å²) in [5.74, 6) is -0.166. The van der Waals surface area contributed by atoms with Crippen LogP contribution in [0.3, 0.4) is 0 Å². The van der Waals surface area contributed by atoms with Crippen molar-refractivity contribution in [3.63, 3.8) is 0 Å². The van der Waals surface area contributed by atoms with Gasteiger partial charge in [0.05, 0.1) is 12.3 Å². The zero-order chi connectivity index (χ0) is 18.7. The third-order valence-corrected chi connectivity index (χ3v) is 5.60. The molecule has 2 heterocycles. The van der Waals surface area contributed by atoms with E-state index in [9.17, 15) is 14.4 Å². The van der Waals surface area contributed by atoms with Gasteiger partial charge in [-0.3, -0.25) is 9.69 Å². The normalized spacial score (nSPS) is 16.5. The van der Waals surface area contributed by atoms with E-state index in [0.29, 0.717) is 41.6 Å². The molecule has 1 unspecified atom stereocenters. The van der Waals surface area contributed by atoms with Gasteiger partial charge in [-0.25, -0.2) is 9.37 Å². The van der Waals surface area contributed by atoms with Gasteiger partial charge in [0, 0.05) is 31.7 Å². The lowest BCUT2D eigenvalue weighted by Gasteiger charge is -2.37. The Hall–Kier alpha value is -2.30. The van der Waals surface area contributed by atoms with Crippen LogP contribution in [0.2, 0.25) is 0 Å². The second kappa shape index (κ2) is 7.94. The van der Waals surface area contributed by atoms with Gasteiger partial charge >= 0.3 is 0 Å². The average Bonchev–Trinajstić information content (AvgIpc) is 3.12. The molecule has 26 heavy (non-hydrogen) atoms. The van der Waals surface area contributed by atoms with Crippen molar-refractivity contribution in [3.8, 4) is 16.6 Å². The Morgan fingerprint density at radius 2 is 1.96 bits per heavy atom. The molecule has 1 fully saturated rings. The minimum Gasteiger partial charge on any atom is -0.335 e. The van der Waals surface area contributed by atoms with Crippen molar-refractivity contribution >= 4 is 17.2 Å². The molecule has 0 N–H and O–H groups in total. The van der Waals surface area contributed by atoms with Crippen molar-refractivity contribution in [2.75, 3.05) is 26.2 Å². The molecular formula is C19H21FN4OS. The Morgan fingerprint density at radius 3 is 2.58 bits per heavy atom. The van der Waals surface area contributed by atoms with Crippen molar-refractivity contribution in [3.05, 3.63) is 41.2 Å². The summed E-state index contributed by atoms with van der Waals surface area (Å²) >= 11 is 1.21. The first kappa shape index (κ1) is 18.5. The summed E-state index contributed by atoms with van der Waals surface area (Å²) in [5.41, 5.74) is 0.412. The highest BCUT2D eigenvalue weighted by Crippen LogP contribution is 2.28. The number of carbonyl (C=O) groups excluding carboxylic acids is 1. The number of piperazine rings is 1. The molecule has 7 heteroatoms. The summed E-state index contributed by atoms with van der Waals surface area (Å²) in [6, 6.07) is 8.66. The number of nitrogens with zero attached hydrogens (tertiary/aromatic N) is 4. The summed E-state index contributed by atoms with van der Waals surface area (Å²) in [6.45, 7) is 6.59. The monoisotopic (exact) mass is 372 g/mol. The first-order valence-corrected chi connectivity index (χ1v) is 9.46. The molecule has 1 aliphatic heterocycles. The Kier molecular flexibility index (Phi) is 5.64. The highest BCUT2D eigenvalue weighted by molar-refractivity contribution is 7.16. The molecule has 0 aliphatic carbocycles. The molecule has 0 saturated carbocycles. The number of carbonyl (C=O) groups is 1. The number of aromatic nitrogens is 1. The van der Waals surface area contributed by atoms with Gasteiger partial charge in [0.1, 0.15) is 21.7 Å². The summed E-state index contributed by atoms with van der Waals surface area (Å²) in [6.07, 6.45) is 1.52. The Bertz CT molecular complexity index is 821. The van der Waals surface area contributed by atoms with Gasteiger partial charge in [0.2, 0.25) is 0 Å². The molecule has 1 aromatic carbocycles. The van der Waals surface area contributed by atoms with E-state index in [1.807, 2.05) is 13.8 Å². The van der Waals surface area contributed by atoms with E-state index < -0.39 is 0 Å². The number of benzene rings is 1. The summed E-state index contributed by atoms with van der Waals surface area (Å²) < 4.78 is 13.9. The maximum atomic E-state index is 13.9. The van der Waals surface area contributed by atoms with E-state index >= 15 is 0 Å². The van der Waals surface area contributed by atoms with E-state index in [1.165, 1.54) is 23.6 Å². The highest BCUT2D eigenvalue weighted by atomic mass is 32.1. The van der Waals surface area contributed by atoms with Gasteiger partial charge < -0.3 is 4.90 Å². The lowest BCUT2D eigenvalue weighted by atomic mass is 10.0. The summed E-state index contributed by atoms with van der Waals surface area (Å²) in [7, 11) is 0. The SMILES string of the molecule is CC(C)C(C#N)N1CCN(C(=O)c2cnc(-c3ccccc3F)s2)CC1. The molecule has 3 rings (SSSR count). The van der Waals surface area contributed by atoms with Gasteiger partial charge in [-0.2, -0.15) is 5.26 Å². The van der Waals surface area contributed by atoms with E-state index in [0.717, 1.165) is 0 Å². The number of halogens is 1. The van der Waals surface area contributed by atoms with Crippen LogP contribution in [0.5, 0.6) is 0 Å². The lowest BCUT2D eigenvalue weighted by molar-refractivity contribution is 0.0581. The zero-order valence-corrected chi connectivity index (χ0v) is 15.7.